The lowest BCUT2D eigenvalue weighted by atomic mass is 10.0. The van der Waals surface area contributed by atoms with Crippen LogP contribution in [-0.2, 0) is 16.0 Å². The van der Waals surface area contributed by atoms with Gasteiger partial charge in [0.1, 0.15) is 6.04 Å². The zero-order valence-corrected chi connectivity index (χ0v) is 12.6. The molecule has 1 N–H and O–H groups in total. The molecule has 8 heteroatoms. The van der Waals surface area contributed by atoms with E-state index in [0.29, 0.717) is 28.9 Å². The highest BCUT2D eigenvalue weighted by atomic mass is 19.3. The number of rotatable bonds is 4. The molecule has 0 radical (unpaired) electrons. The standard InChI is InChI=1S/C14H19F2N3O3/c1-8-10(9(2)19(17-8)14(15)16)7-12(20)18-6-4-3-5-11(18)13(21)22/h11,14H,3-7H2,1-2H3,(H,21,22)/t11-/m1/s1. The minimum absolute atomic E-state index is 0.103. The third kappa shape index (κ3) is 3.10. The Balaban J connectivity index is 2.19. The van der Waals surface area contributed by atoms with E-state index in [1.54, 1.807) is 6.92 Å². The molecule has 1 aliphatic heterocycles. The van der Waals surface area contributed by atoms with Crippen molar-refractivity contribution in [2.45, 2.75) is 52.1 Å². The number of carbonyl (C=O) groups excluding carboxylic acids is 1. The van der Waals surface area contributed by atoms with Crippen LogP contribution in [0.5, 0.6) is 0 Å². The second kappa shape index (κ2) is 6.41. The molecule has 1 aromatic heterocycles. The number of nitrogens with zero attached hydrogens (tertiary/aromatic N) is 3. The molecule has 1 saturated heterocycles. The summed E-state index contributed by atoms with van der Waals surface area (Å²) >= 11 is 0. The summed E-state index contributed by atoms with van der Waals surface area (Å²) < 4.78 is 26.2. The lowest BCUT2D eigenvalue weighted by Gasteiger charge is -2.33. The van der Waals surface area contributed by atoms with Crippen LogP contribution in [0.15, 0.2) is 0 Å². The van der Waals surface area contributed by atoms with E-state index in [1.807, 2.05) is 0 Å². The molecule has 0 spiro atoms. The van der Waals surface area contributed by atoms with E-state index in [-0.39, 0.29) is 18.0 Å². The highest BCUT2D eigenvalue weighted by Gasteiger charge is 2.32. The Kier molecular flexibility index (Phi) is 4.77. The predicted molar refractivity (Wildman–Crippen MR) is 73.6 cm³/mol. The molecule has 0 bridgehead atoms. The van der Waals surface area contributed by atoms with E-state index in [1.165, 1.54) is 11.8 Å². The lowest BCUT2D eigenvalue weighted by molar-refractivity contribution is -0.151. The monoisotopic (exact) mass is 315 g/mol. The summed E-state index contributed by atoms with van der Waals surface area (Å²) in [5, 5.41) is 12.9. The zero-order chi connectivity index (χ0) is 16.4. The number of carboxylic acids is 1. The minimum Gasteiger partial charge on any atom is -0.480 e. The Morgan fingerprint density at radius 3 is 2.59 bits per heavy atom. The third-order valence-electron chi connectivity index (χ3n) is 4.10. The van der Waals surface area contributed by atoms with E-state index in [2.05, 4.69) is 5.10 Å². The van der Waals surface area contributed by atoms with E-state index in [4.69, 9.17) is 0 Å². The fourth-order valence-electron chi connectivity index (χ4n) is 2.88. The average molecular weight is 315 g/mol. The molecule has 1 fully saturated rings. The molecule has 122 valence electrons. The van der Waals surface area contributed by atoms with Crippen molar-refractivity contribution in [2.24, 2.45) is 0 Å². The second-order valence-electron chi connectivity index (χ2n) is 5.49. The first-order valence-corrected chi connectivity index (χ1v) is 7.18. The van der Waals surface area contributed by atoms with Crippen molar-refractivity contribution in [1.82, 2.24) is 14.7 Å². The van der Waals surface area contributed by atoms with Gasteiger partial charge in [-0.25, -0.2) is 9.48 Å². The Morgan fingerprint density at radius 2 is 2.05 bits per heavy atom. The molecule has 1 amide bonds. The topological polar surface area (TPSA) is 75.4 Å². The second-order valence-corrected chi connectivity index (χ2v) is 5.49. The first kappa shape index (κ1) is 16.4. The van der Waals surface area contributed by atoms with Crippen LogP contribution in [0.4, 0.5) is 8.78 Å². The summed E-state index contributed by atoms with van der Waals surface area (Å²) in [6.45, 7) is 0.680. The highest BCUT2D eigenvalue weighted by molar-refractivity contribution is 5.85. The molecular weight excluding hydrogens is 296 g/mol. The Hall–Kier alpha value is -1.99. The molecule has 0 aromatic carbocycles. The van der Waals surface area contributed by atoms with Crippen LogP contribution < -0.4 is 0 Å². The number of hydrogen-bond donors (Lipinski definition) is 1. The first-order valence-electron chi connectivity index (χ1n) is 7.18. The average Bonchev–Trinajstić information content (AvgIpc) is 2.75. The quantitative estimate of drug-likeness (QED) is 0.921. The normalized spacial score (nSPS) is 18.8. The molecular formula is C14H19F2N3O3. The van der Waals surface area contributed by atoms with Crippen molar-refractivity contribution in [1.29, 1.82) is 0 Å². The summed E-state index contributed by atoms with van der Waals surface area (Å²) in [7, 11) is 0. The molecule has 2 heterocycles. The molecule has 1 aliphatic rings. The number of piperidine rings is 1. The smallest absolute Gasteiger partial charge is 0.333 e. The fraction of sp³-hybridized carbons (Fsp3) is 0.643. The van der Waals surface area contributed by atoms with Gasteiger partial charge in [-0.15, -0.1) is 0 Å². The number of likely N-dealkylation sites (tertiary alicyclic amines) is 1. The molecule has 22 heavy (non-hydrogen) atoms. The molecule has 6 nitrogen and oxygen atoms in total. The van der Waals surface area contributed by atoms with Crippen LogP contribution >= 0.6 is 0 Å². The predicted octanol–water partition coefficient (Wildman–Crippen LogP) is 1.90. The van der Waals surface area contributed by atoms with Crippen LogP contribution in [0.2, 0.25) is 0 Å². The number of aromatic nitrogens is 2. The molecule has 1 atom stereocenters. The van der Waals surface area contributed by atoms with Gasteiger partial charge in [-0.1, -0.05) is 0 Å². The van der Waals surface area contributed by atoms with Crippen molar-refractivity contribution < 1.29 is 23.5 Å². The van der Waals surface area contributed by atoms with Gasteiger partial charge in [0.05, 0.1) is 12.1 Å². The summed E-state index contributed by atoms with van der Waals surface area (Å²) in [4.78, 5) is 25.0. The fourth-order valence-corrected chi connectivity index (χ4v) is 2.88. The number of amides is 1. The van der Waals surface area contributed by atoms with E-state index in [0.717, 1.165) is 12.8 Å². The molecule has 0 aliphatic carbocycles. The van der Waals surface area contributed by atoms with Crippen LogP contribution in [0, 0.1) is 13.8 Å². The largest absolute Gasteiger partial charge is 0.480 e. The Bertz CT molecular complexity index is 586. The van der Waals surface area contributed by atoms with Gasteiger partial charge in [-0.05, 0) is 33.1 Å². The number of halogens is 2. The van der Waals surface area contributed by atoms with E-state index < -0.39 is 18.6 Å². The zero-order valence-electron chi connectivity index (χ0n) is 12.6. The Morgan fingerprint density at radius 1 is 1.36 bits per heavy atom. The van der Waals surface area contributed by atoms with Crippen LogP contribution in [-0.4, -0.2) is 44.3 Å². The maximum atomic E-state index is 12.8. The van der Waals surface area contributed by atoms with Crippen molar-refractivity contribution in [3.05, 3.63) is 17.0 Å². The maximum Gasteiger partial charge on any atom is 0.333 e. The highest BCUT2D eigenvalue weighted by Crippen LogP contribution is 2.23. The van der Waals surface area contributed by atoms with E-state index >= 15 is 0 Å². The van der Waals surface area contributed by atoms with E-state index in [9.17, 15) is 23.5 Å². The minimum atomic E-state index is -2.76. The van der Waals surface area contributed by atoms with Crippen LogP contribution in [0.3, 0.4) is 0 Å². The van der Waals surface area contributed by atoms with Crippen molar-refractivity contribution >= 4 is 11.9 Å². The molecule has 2 rings (SSSR count). The van der Waals surface area contributed by atoms with Gasteiger partial charge in [0.15, 0.2) is 0 Å². The summed E-state index contributed by atoms with van der Waals surface area (Å²) in [6, 6.07) is -0.827. The van der Waals surface area contributed by atoms with Gasteiger partial charge >= 0.3 is 12.5 Å². The lowest BCUT2D eigenvalue weighted by Crippen LogP contribution is -2.48. The summed E-state index contributed by atoms with van der Waals surface area (Å²) in [6.07, 6.45) is 1.84. The number of carboxylic acid groups (broad SMARTS) is 1. The SMILES string of the molecule is Cc1nn(C(F)F)c(C)c1CC(=O)N1CCCC[C@@H]1C(=O)O. The summed E-state index contributed by atoms with van der Waals surface area (Å²) in [5.41, 5.74) is 1.06. The number of hydrogen-bond acceptors (Lipinski definition) is 3. The van der Waals surface area contributed by atoms with Crippen LogP contribution in [0.1, 0.15) is 42.8 Å². The number of carbonyl (C=O) groups is 2. The van der Waals surface area contributed by atoms with Crippen molar-refractivity contribution in [2.75, 3.05) is 6.54 Å². The van der Waals surface area contributed by atoms with Gasteiger partial charge in [0.25, 0.3) is 0 Å². The molecule has 1 aromatic rings. The van der Waals surface area contributed by atoms with Gasteiger partial charge in [0.2, 0.25) is 5.91 Å². The maximum absolute atomic E-state index is 12.8. The first-order chi connectivity index (χ1) is 10.3. The van der Waals surface area contributed by atoms with Gasteiger partial charge in [0, 0.05) is 17.8 Å². The van der Waals surface area contributed by atoms with Gasteiger partial charge in [-0.2, -0.15) is 13.9 Å². The molecule has 0 saturated carbocycles. The summed E-state index contributed by atoms with van der Waals surface area (Å²) in [5.74, 6) is -1.38. The van der Waals surface area contributed by atoms with Crippen LogP contribution in [0.25, 0.3) is 0 Å². The number of aryl methyl sites for hydroxylation is 1. The third-order valence-corrected chi connectivity index (χ3v) is 4.10. The number of aliphatic carboxylic acids is 1. The van der Waals surface area contributed by atoms with Gasteiger partial charge in [-0.3, -0.25) is 4.79 Å². The number of alkyl halides is 2. The van der Waals surface area contributed by atoms with Crippen molar-refractivity contribution in [3.63, 3.8) is 0 Å². The van der Waals surface area contributed by atoms with Crippen molar-refractivity contribution in [3.8, 4) is 0 Å². The molecule has 0 unspecified atom stereocenters. The van der Waals surface area contributed by atoms with Gasteiger partial charge < -0.3 is 10.0 Å². The Labute approximate surface area is 126 Å².